The second-order valence-electron chi connectivity index (χ2n) is 3.95. The van der Waals surface area contributed by atoms with Crippen LogP contribution < -0.4 is 4.74 Å². The Bertz CT molecular complexity index is 639. The summed E-state index contributed by atoms with van der Waals surface area (Å²) in [7, 11) is 0. The molecule has 1 aliphatic rings. The molecule has 4 heteroatoms. The molecule has 0 N–H and O–H groups in total. The Morgan fingerprint density at radius 2 is 2.17 bits per heavy atom. The molecule has 0 atom stereocenters. The lowest BCUT2D eigenvalue weighted by Gasteiger charge is -2.08. The molecular weight excluding hydrogens is 297 g/mol. The molecule has 0 radical (unpaired) electrons. The quantitative estimate of drug-likeness (QED) is 0.736. The van der Waals surface area contributed by atoms with Gasteiger partial charge in [0.15, 0.2) is 0 Å². The maximum absolute atomic E-state index is 13.3. The van der Waals surface area contributed by atoms with Crippen LogP contribution in [0.15, 0.2) is 41.5 Å². The Labute approximate surface area is 112 Å². The maximum atomic E-state index is 13.3. The topological polar surface area (TPSA) is 22.1 Å². The minimum atomic E-state index is -0.304. The zero-order chi connectivity index (χ0) is 12.5. The molecule has 3 rings (SSSR count). The SMILES string of the molecule is Fc1ccc2c(c1)OCc1ncccc1C2=CBr. The molecule has 1 aliphatic heterocycles. The first-order valence-corrected chi connectivity index (χ1v) is 6.38. The molecule has 0 amide bonds. The third-order valence-electron chi connectivity index (χ3n) is 2.89. The van der Waals surface area contributed by atoms with Crippen LogP contribution in [0.3, 0.4) is 0 Å². The molecule has 0 unspecified atom stereocenters. The summed E-state index contributed by atoms with van der Waals surface area (Å²) in [6.45, 7) is 0.344. The van der Waals surface area contributed by atoms with Gasteiger partial charge in [0, 0.05) is 29.0 Å². The first kappa shape index (κ1) is 11.4. The van der Waals surface area contributed by atoms with Crippen LogP contribution in [0.25, 0.3) is 5.57 Å². The van der Waals surface area contributed by atoms with Gasteiger partial charge in [0.25, 0.3) is 0 Å². The van der Waals surface area contributed by atoms with Crippen molar-refractivity contribution in [2.75, 3.05) is 0 Å². The van der Waals surface area contributed by atoms with E-state index in [2.05, 4.69) is 20.9 Å². The smallest absolute Gasteiger partial charge is 0.131 e. The van der Waals surface area contributed by atoms with Crippen molar-refractivity contribution in [3.63, 3.8) is 0 Å². The average Bonchev–Trinajstić information content (AvgIpc) is 2.55. The number of aromatic nitrogens is 1. The summed E-state index contributed by atoms with van der Waals surface area (Å²) >= 11 is 3.36. The van der Waals surface area contributed by atoms with E-state index in [1.165, 1.54) is 12.1 Å². The Morgan fingerprint density at radius 3 is 3.00 bits per heavy atom. The molecule has 1 aromatic carbocycles. The van der Waals surface area contributed by atoms with Crippen LogP contribution in [0, 0.1) is 5.82 Å². The van der Waals surface area contributed by atoms with E-state index in [0.29, 0.717) is 12.4 Å². The third kappa shape index (κ3) is 1.82. The molecule has 18 heavy (non-hydrogen) atoms. The first-order valence-electron chi connectivity index (χ1n) is 5.47. The lowest BCUT2D eigenvalue weighted by atomic mass is 9.98. The zero-order valence-corrected chi connectivity index (χ0v) is 10.9. The lowest BCUT2D eigenvalue weighted by Crippen LogP contribution is -1.98. The lowest BCUT2D eigenvalue weighted by molar-refractivity contribution is 0.301. The molecule has 90 valence electrons. The van der Waals surface area contributed by atoms with Gasteiger partial charge in [-0.15, -0.1) is 0 Å². The van der Waals surface area contributed by atoms with Gasteiger partial charge in [-0.1, -0.05) is 22.0 Å². The largest absolute Gasteiger partial charge is 0.487 e. The predicted octanol–water partition coefficient (Wildman–Crippen LogP) is 3.90. The summed E-state index contributed by atoms with van der Waals surface area (Å²) < 4.78 is 18.9. The number of ether oxygens (including phenoxy) is 1. The molecule has 2 aromatic rings. The van der Waals surface area contributed by atoms with Gasteiger partial charge < -0.3 is 4.74 Å². The molecular formula is C14H9BrFNO. The molecule has 1 aromatic heterocycles. The highest BCUT2D eigenvalue weighted by molar-refractivity contribution is 9.11. The number of halogens is 2. The van der Waals surface area contributed by atoms with E-state index in [9.17, 15) is 4.39 Å². The van der Waals surface area contributed by atoms with Crippen molar-refractivity contribution in [1.29, 1.82) is 0 Å². The van der Waals surface area contributed by atoms with E-state index >= 15 is 0 Å². The van der Waals surface area contributed by atoms with Gasteiger partial charge in [-0.2, -0.15) is 0 Å². The Kier molecular flexibility index (Phi) is 2.88. The highest BCUT2D eigenvalue weighted by Crippen LogP contribution is 2.36. The first-order chi connectivity index (χ1) is 8.79. The van der Waals surface area contributed by atoms with Crippen molar-refractivity contribution in [2.24, 2.45) is 0 Å². The number of rotatable bonds is 0. The monoisotopic (exact) mass is 305 g/mol. The Morgan fingerprint density at radius 1 is 1.28 bits per heavy atom. The second-order valence-corrected chi connectivity index (χ2v) is 4.41. The van der Waals surface area contributed by atoms with Gasteiger partial charge in [-0.3, -0.25) is 4.98 Å². The molecule has 0 spiro atoms. The zero-order valence-electron chi connectivity index (χ0n) is 9.36. The number of hydrogen-bond acceptors (Lipinski definition) is 2. The molecule has 0 aliphatic carbocycles. The summed E-state index contributed by atoms with van der Waals surface area (Å²) in [5.41, 5.74) is 3.66. The third-order valence-corrected chi connectivity index (χ3v) is 3.35. The predicted molar refractivity (Wildman–Crippen MR) is 71.0 cm³/mol. The van der Waals surface area contributed by atoms with Crippen molar-refractivity contribution < 1.29 is 9.13 Å². The van der Waals surface area contributed by atoms with Crippen molar-refractivity contribution in [3.05, 3.63) is 64.2 Å². The van der Waals surface area contributed by atoms with Crippen molar-refractivity contribution >= 4 is 21.5 Å². The van der Waals surface area contributed by atoms with Crippen LogP contribution in [0.1, 0.15) is 16.8 Å². The van der Waals surface area contributed by atoms with Crippen LogP contribution in [0.5, 0.6) is 5.75 Å². The summed E-state index contributed by atoms with van der Waals surface area (Å²) in [5, 5.41) is 0. The van der Waals surface area contributed by atoms with Crippen molar-refractivity contribution in [3.8, 4) is 5.75 Å². The van der Waals surface area contributed by atoms with Crippen molar-refractivity contribution in [1.82, 2.24) is 4.98 Å². The van der Waals surface area contributed by atoms with E-state index < -0.39 is 0 Å². The molecule has 0 fully saturated rings. The van der Waals surface area contributed by atoms with Gasteiger partial charge in [-0.05, 0) is 23.2 Å². The minimum Gasteiger partial charge on any atom is -0.487 e. The Hall–Kier alpha value is -1.68. The van der Waals surface area contributed by atoms with Crippen molar-refractivity contribution in [2.45, 2.75) is 6.61 Å². The molecule has 0 saturated heterocycles. The summed E-state index contributed by atoms with van der Waals surface area (Å²) in [4.78, 5) is 6.12. The van der Waals surface area contributed by atoms with E-state index in [1.807, 2.05) is 17.1 Å². The highest BCUT2D eigenvalue weighted by atomic mass is 79.9. The van der Waals surface area contributed by atoms with Crippen LogP contribution in [-0.2, 0) is 6.61 Å². The van der Waals surface area contributed by atoms with Gasteiger partial charge in [-0.25, -0.2) is 4.39 Å². The number of nitrogens with zero attached hydrogens (tertiary/aromatic N) is 1. The molecule has 0 bridgehead atoms. The average molecular weight is 306 g/mol. The molecule has 2 nitrogen and oxygen atoms in total. The van der Waals surface area contributed by atoms with Crippen LogP contribution in [0.2, 0.25) is 0 Å². The summed E-state index contributed by atoms with van der Waals surface area (Å²) in [6, 6.07) is 8.42. The van der Waals surface area contributed by atoms with Gasteiger partial charge in [0.1, 0.15) is 18.2 Å². The van der Waals surface area contributed by atoms with Crippen LogP contribution in [0.4, 0.5) is 4.39 Å². The van der Waals surface area contributed by atoms with E-state index in [4.69, 9.17) is 4.74 Å². The molecule has 0 saturated carbocycles. The summed E-state index contributed by atoms with van der Waals surface area (Å²) in [5.74, 6) is 0.236. The normalized spacial score (nSPS) is 15.6. The van der Waals surface area contributed by atoms with Crippen LogP contribution >= 0.6 is 15.9 Å². The van der Waals surface area contributed by atoms with E-state index in [-0.39, 0.29) is 5.82 Å². The maximum Gasteiger partial charge on any atom is 0.131 e. The number of hydrogen-bond donors (Lipinski definition) is 0. The second kappa shape index (κ2) is 4.53. The van der Waals surface area contributed by atoms with Gasteiger partial charge in [0.05, 0.1) is 5.69 Å². The van der Waals surface area contributed by atoms with Gasteiger partial charge in [0.2, 0.25) is 0 Å². The van der Waals surface area contributed by atoms with E-state index in [0.717, 1.165) is 22.4 Å². The minimum absolute atomic E-state index is 0.304. The number of pyridine rings is 1. The fourth-order valence-electron chi connectivity index (χ4n) is 2.05. The fraction of sp³-hybridized carbons (Fsp3) is 0.0714. The number of fused-ring (bicyclic) bond motifs is 2. The fourth-order valence-corrected chi connectivity index (χ4v) is 2.54. The molecule has 2 heterocycles. The standard InChI is InChI=1S/C14H9BrFNO/c15-7-12-10-2-1-5-17-13(10)8-18-14-6-9(16)3-4-11(12)14/h1-7H,8H2. The van der Waals surface area contributed by atoms with Crippen LogP contribution in [-0.4, -0.2) is 4.98 Å². The highest BCUT2D eigenvalue weighted by Gasteiger charge is 2.19. The number of benzene rings is 1. The Balaban J connectivity index is 2.25. The van der Waals surface area contributed by atoms with E-state index in [1.54, 1.807) is 12.3 Å². The summed E-state index contributed by atoms with van der Waals surface area (Å²) in [6.07, 6.45) is 1.73. The van der Waals surface area contributed by atoms with Gasteiger partial charge >= 0.3 is 0 Å².